The Morgan fingerprint density at radius 3 is 2.85 bits per heavy atom. The summed E-state index contributed by atoms with van der Waals surface area (Å²) in [5.41, 5.74) is 1.24. The van der Waals surface area contributed by atoms with Crippen molar-refractivity contribution < 1.29 is 4.39 Å². The van der Waals surface area contributed by atoms with Gasteiger partial charge in [-0.2, -0.15) is 5.10 Å². The van der Waals surface area contributed by atoms with E-state index in [4.69, 9.17) is 0 Å². The van der Waals surface area contributed by atoms with Crippen molar-refractivity contribution in [3.63, 3.8) is 0 Å². The minimum atomic E-state index is -0.312. The van der Waals surface area contributed by atoms with E-state index in [9.17, 15) is 4.39 Å². The molecule has 0 spiro atoms. The van der Waals surface area contributed by atoms with Crippen molar-refractivity contribution in [2.24, 2.45) is 12.0 Å². The Kier molecular flexibility index (Phi) is 5.57. The fraction of sp³-hybridized carbons (Fsp3) is 0.294. The number of aliphatic imine (C=N–C) groups is 1. The molecule has 2 heterocycles. The van der Waals surface area contributed by atoms with E-state index in [0.29, 0.717) is 24.7 Å². The number of halogens is 1. The lowest BCUT2D eigenvalue weighted by Gasteiger charge is -2.11. The summed E-state index contributed by atoms with van der Waals surface area (Å²) in [4.78, 5) is 12.6. The van der Waals surface area contributed by atoms with Gasteiger partial charge in [-0.15, -0.1) is 0 Å². The van der Waals surface area contributed by atoms with E-state index in [2.05, 4.69) is 30.7 Å². The smallest absolute Gasteiger partial charge is 0.191 e. The van der Waals surface area contributed by atoms with Gasteiger partial charge in [0.05, 0.1) is 25.1 Å². The normalized spacial score (nSPS) is 11.6. The minimum absolute atomic E-state index is 0.312. The molecule has 0 bridgehead atoms. The average Bonchev–Trinajstić information content (AvgIpc) is 3.29. The van der Waals surface area contributed by atoms with Crippen LogP contribution in [0, 0.1) is 5.82 Å². The molecule has 0 aliphatic rings. The second kappa shape index (κ2) is 8.24. The fourth-order valence-electron chi connectivity index (χ4n) is 2.41. The van der Waals surface area contributed by atoms with Crippen molar-refractivity contribution in [2.75, 3.05) is 6.54 Å². The van der Waals surface area contributed by atoms with Crippen LogP contribution in [0.3, 0.4) is 0 Å². The summed E-state index contributed by atoms with van der Waals surface area (Å²) >= 11 is 0. The monoisotopic (exact) mass is 356 g/mol. The zero-order valence-corrected chi connectivity index (χ0v) is 14.7. The van der Waals surface area contributed by atoms with E-state index in [1.165, 1.54) is 12.4 Å². The highest BCUT2D eigenvalue weighted by Crippen LogP contribution is 2.15. The summed E-state index contributed by atoms with van der Waals surface area (Å²) in [5, 5.41) is 10.4. The van der Waals surface area contributed by atoms with Crippen LogP contribution >= 0.6 is 0 Å². The number of hydrogen-bond acceptors (Lipinski definition) is 4. The number of nitrogens with one attached hydrogen (secondary N) is 2. The summed E-state index contributed by atoms with van der Waals surface area (Å²) in [7, 11) is 1.83. The van der Waals surface area contributed by atoms with Gasteiger partial charge in [0.25, 0.3) is 0 Å². The summed E-state index contributed by atoms with van der Waals surface area (Å²) in [5.74, 6) is 1.12. The number of nitrogens with zero attached hydrogens (tertiary/aromatic N) is 6. The maximum absolute atomic E-state index is 14.3. The predicted octanol–water partition coefficient (Wildman–Crippen LogP) is 1.40. The molecule has 0 saturated carbocycles. The molecule has 0 aliphatic heterocycles. The molecule has 0 atom stereocenters. The van der Waals surface area contributed by atoms with Gasteiger partial charge in [-0.3, -0.25) is 4.68 Å². The highest BCUT2D eigenvalue weighted by molar-refractivity contribution is 5.79. The molecule has 0 aliphatic carbocycles. The molecule has 0 radical (unpaired) electrons. The molecule has 136 valence electrons. The molecular formula is C17H21FN8. The lowest BCUT2D eigenvalue weighted by molar-refractivity contribution is 0.615. The van der Waals surface area contributed by atoms with Crippen LogP contribution in [0.1, 0.15) is 18.3 Å². The van der Waals surface area contributed by atoms with Gasteiger partial charge < -0.3 is 15.2 Å². The van der Waals surface area contributed by atoms with E-state index in [1.807, 2.05) is 20.0 Å². The number of guanidine groups is 1. The quantitative estimate of drug-likeness (QED) is 0.515. The highest BCUT2D eigenvalue weighted by atomic mass is 19.1. The van der Waals surface area contributed by atoms with Crippen LogP contribution in [0.2, 0.25) is 0 Å². The number of imidazole rings is 1. The van der Waals surface area contributed by atoms with Crippen molar-refractivity contribution in [3.05, 3.63) is 60.5 Å². The maximum Gasteiger partial charge on any atom is 0.191 e. The van der Waals surface area contributed by atoms with Crippen LogP contribution in [-0.4, -0.2) is 36.8 Å². The topological polar surface area (TPSA) is 84.9 Å². The maximum atomic E-state index is 14.3. The van der Waals surface area contributed by atoms with Crippen molar-refractivity contribution in [3.8, 4) is 5.69 Å². The number of aryl methyl sites for hydroxylation is 1. The number of benzene rings is 1. The van der Waals surface area contributed by atoms with Crippen molar-refractivity contribution in [2.45, 2.75) is 20.0 Å². The van der Waals surface area contributed by atoms with Crippen molar-refractivity contribution in [1.82, 2.24) is 34.9 Å². The summed E-state index contributed by atoms with van der Waals surface area (Å²) < 4.78 is 17.6. The van der Waals surface area contributed by atoms with Crippen LogP contribution in [0.15, 0.2) is 48.2 Å². The van der Waals surface area contributed by atoms with Crippen LogP contribution in [0.5, 0.6) is 0 Å². The lowest BCUT2D eigenvalue weighted by Crippen LogP contribution is -2.37. The summed E-state index contributed by atoms with van der Waals surface area (Å²) in [6.07, 6.45) is 6.39. The standard InChI is InChI=1S/C17H21FN8/c1-3-20-17(22-10-16-23-11-24-25(16)2)21-9-13-4-5-15(14(18)8-13)26-7-6-19-12-26/h4-8,11-12H,3,9-10H2,1-2H3,(H2,20,21,22). The third-order valence-corrected chi connectivity index (χ3v) is 3.78. The minimum Gasteiger partial charge on any atom is -0.357 e. The van der Waals surface area contributed by atoms with Crippen LogP contribution < -0.4 is 10.6 Å². The largest absolute Gasteiger partial charge is 0.357 e. The zero-order chi connectivity index (χ0) is 18.4. The molecular weight excluding hydrogens is 335 g/mol. The van der Waals surface area contributed by atoms with Crippen LogP contribution in [-0.2, 0) is 20.1 Å². The molecule has 8 nitrogen and oxygen atoms in total. The highest BCUT2D eigenvalue weighted by Gasteiger charge is 2.06. The van der Waals surface area contributed by atoms with E-state index >= 15 is 0 Å². The first-order chi connectivity index (χ1) is 12.7. The van der Waals surface area contributed by atoms with Gasteiger partial charge in [-0.25, -0.2) is 19.4 Å². The number of rotatable bonds is 6. The molecule has 0 fully saturated rings. The molecule has 26 heavy (non-hydrogen) atoms. The Balaban J connectivity index is 1.67. The Morgan fingerprint density at radius 2 is 2.19 bits per heavy atom. The average molecular weight is 356 g/mol. The first-order valence-corrected chi connectivity index (χ1v) is 8.29. The van der Waals surface area contributed by atoms with Gasteiger partial charge in [0.15, 0.2) is 5.96 Å². The summed E-state index contributed by atoms with van der Waals surface area (Å²) in [6, 6.07) is 5.07. The Labute approximate surface area is 150 Å². The first kappa shape index (κ1) is 17.6. The van der Waals surface area contributed by atoms with Crippen LogP contribution in [0.25, 0.3) is 5.69 Å². The SMILES string of the molecule is CCNC(=NCc1ccc(-n2ccnc2)c(F)c1)NCc1ncnn1C. The second-order valence-electron chi connectivity index (χ2n) is 5.60. The third kappa shape index (κ3) is 4.24. The van der Waals surface area contributed by atoms with Gasteiger partial charge >= 0.3 is 0 Å². The van der Waals surface area contributed by atoms with Gasteiger partial charge in [-0.1, -0.05) is 6.07 Å². The van der Waals surface area contributed by atoms with E-state index < -0.39 is 0 Å². The Hall–Kier alpha value is -3.23. The third-order valence-electron chi connectivity index (χ3n) is 3.78. The Bertz CT molecular complexity index is 869. The molecule has 0 saturated heterocycles. The molecule has 0 unspecified atom stereocenters. The lowest BCUT2D eigenvalue weighted by atomic mass is 10.2. The molecule has 2 N–H and O–H groups in total. The van der Waals surface area contributed by atoms with Gasteiger partial charge in [0.2, 0.25) is 0 Å². The second-order valence-corrected chi connectivity index (χ2v) is 5.60. The van der Waals surface area contributed by atoms with Crippen molar-refractivity contribution >= 4 is 5.96 Å². The van der Waals surface area contributed by atoms with E-state index in [0.717, 1.165) is 17.9 Å². The zero-order valence-electron chi connectivity index (χ0n) is 14.7. The van der Waals surface area contributed by atoms with Gasteiger partial charge in [-0.05, 0) is 24.6 Å². The van der Waals surface area contributed by atoms with Crippen LogP contribution in [0.4, 0.5) is 4.39 Å². The van der Waals surface area contributed by atoms with Gasteiger partial charge in [0.1, 0.15) is 18.0 Å². The molecule has 2 aromatic heterocycles. The molecule has 9 heteroatoms. The van der Waals surface area contributed by atoms with E-state index in [1.54, 1.807) is 34.0 Å². The Morgan fingerprint density at radius 1 is 1.31 bits per heavy atom. The van der Waals surface area contributed by atoms with E-state index in [-0.39, 0.29) is 5.82 Å². The number of hydrogen-bond donors (Lipinski definition) is 2. The fourth-order valence-corrected chi connectivity index (χ4v) is 2.41. The molecule has 0 amide bonds. The van der Waals surface area contributed by atoms with Crippen molar-refractivity contribution in [1.29, 1.82) is 0 Å². The molecule has 3 rings (SSSR count). The first-order valence-electron chi connectivity index (χ1n) is 8.29. The molecule has 3 aromatic rings. The predicted molar refractivity (Wildman–Crippen MR) is 96.2 cm³/mol. The van der Waals surface area contributed by atoms with Gasteiger partial charge in [0, 0.05) is 26.0 Å². The molecule has 1 aromatic carbocycles. The summed E-state index contributed by atoms with van der Waals surface area (Å²) in [6.45, 7) is 3.56. The number of aromatic nitrogens is 5.